The molecule has 0 radical (unpaired) electrons. The Balaban J connectivity index is 2.08. The van der Waals surface area contributed by atoms with Crippen molar-refractivity contribution in [1.82, 2.24) is 0 Å². The summed E-state index contributed by atoms with van der Waals surface area (Å²) in [5.41, 5.74) is 2.09. The van der Waals surface area contributed by atoms with Crippen molar-refractivity contribution in [1.29, 1.82) is 0 Å². The van der Waals surface area contributed by atoms with E-state index >= 15 is 0 Å². The highest BCUT2D eigenvalue weighted by molar-refractivity contribution is 5.56. The summed E-state index contributed by atoms with van der Waals surface area (Å²) in [4.78, 5) is 0. The summed E-state index contributed by atoms with van der Waals surface area (Å²) >= 11 is 0. The lowest BCUT2D eigenvalue weighted by Crippen LogP contribution is -2.05. The van der Waals surface area contributed by atoms with Gasteiger partial charge in [0.2, 0.25) is 0 Å². The van der Waals surface area contributed by atoms with E-state index in [9.17, 15) is 0 Å². The lowest BCUT2D eigenvalue weighted by atomic mass is 10.2. The van der Waals surface area contributed by atoms with Crippen molar-refractivity contribution in [3.8, 4) is 11.5 Å². The minimum Gasteiger partial charge on any atom is -0.492 e. The molecule has 2 rings (SSSR count). The van der Waals surface area contributed by atoms with Crippen LogP contribution in [0.3, 0.4) is 0 Å². The van der Waals surface area contributed by atoms with Crippen LogP contribution in [0.5, 0.6) is 11.5 Å². The van der Waals surface area contributed by atoms with Gasteiger partial charge in [0.15, 0.2) is 0 Å². The molecule has 0 aliphatic rings. The summed E-state index contributed by atoms with van der Waals surface area (Å²) in [6.07, 6.45) is 1.74. The second-order valence-electron chi connectivity index (χ2n) is 4.49. The highest BCUT2D eigenvalue weighted by atomic mass is 16.5. The molecule has 110 valence electrons. The lowest BCUT2D eigenvalue weighted by molar-refractivity contribution is 0.341. The molecule has 1 N–H and O–H groups in total. The van der Waals surface area contributed by atoms with E-state index in [4.69, 9.17) is 9.47 Å². The van der Waals surface area contributed by atoms with E-state index in [1.165, 1.54) is 0 Å². The Labute approximate surface area is 126 Å². The average Bonchev–Trinajstić information content (AvgIpc) is 2.53. The Kier molecular flexibility index (Phi) is 5.71. The van der Waals surface area contributed by atoms with Gasteiger partial charge in [-0.1, -0.05) is 43.0 Å². The van der Waals surface area contributed by atoms with Crippen LogP contribution >= 0.6 is 0 Å². The van der Waals surface area contributed by atoms with Crippen LogP contribution in [0.1, 0.15) is 12.5 Å². The van der Waals surface area contributed by atoms with E-state index in [2.05, 4.69) is 18.0 Å². The molecule has 21 heavy (non-hydrogen) atoms. The molecule has 0 fully saturated rings. The van der Waals surface area contributed by atoms with Crippen LogP contribution in [0.25, 0.3) is 0 Å². The quantitative estimate of drug-likeness (QED) is 0.734. The van der Waals surface area contributed by atoms with E-state index in [1.807, 2.05) is 49.4 Å². The minimum atomic E-state index is 0.506. The van der Waals surface area contributed by atoms with Gasteiger partial charge in [0, 0.05) is 12.1 Å². The number of anilines is 1. The van der Waals surface area contributed by atoms with Crippen molar-refractivity contribution in [3.05, 3.63) is 66.7 Å². The Morgan fingerprint density at radius 2 is 1.71 bits per heavy atom. The lowest BCUT2D eigenvalue weighted by Gasteiger charge is -2.14. The number of ether oxygens (including phenoxy) is 2. The number of nitrogens with one attached hydrogen (secondary N) is 1. The fourth-order valence-electron chi connectivity index (χ4n) is 2.02. The molecule has 3 nitrogen and oxygen atoms in total. The number of rotatable bonds is 8. The SMILES string of the molecule is C=CCOc1ccccc1CNc1ccccc1OCC. The monoisotopic (exact) mass is 283 g/mol. The van der Waals surface area contributed by atoms with Gasteiger partial charge in [-0.05, 0) is 25.1 Å². The van der Waals surface area contributed by atoms with Gasteiger partial charge in [-0.15, -0.1) is 0 Å². The zero-order chi connectivity index (χ0) is 14.9. The van der Waals surface area contributed by atoms with Crippen LogP contribution in [0, 0.1) is 0 Å². The molecular formula is C18H21NO2. The van der Waals surface area contributed by atoms with Crippen LogP contribution < -0.4 is 14.8 Å². The molecule has 0 bridgehead atoms. The largest absolute Gasteiger partial charge is 0.492 e. The van der Waals surface area contributed by atoms with Gasteiger partial charge in [0.05, 0.1) is 12.3 Å². The van der Waals surface area contributed by atoms with E-state index < -0.39 is 0 Å². The summed E-state index contributed by atoms with van der Waals surface area (Å²) in [6, 6.07) is 15.9. The van der Waals surface area contributed by atoms with Gasteiger partial charge in [0.1, 0.15) is 18.1 Å². The molecule has 0 heterocycles. The topological polar surface area (TPSA) is 30.5 Å². The molecule has 0 atom stereocenters. The normalized spacial score (nSPS) is 9.95. The van der Waals surface area contributed by atoms with Gasteiger partial charge in [0.25, 0.3) is 0 Å². The maximum atomic E-state index is 5.66. The van der Waals surface area contributed by atoms with Crippen LogP contribution in [-0.2, 0) is 6.54 Å². The molecule has 2 aromatic rings. The first-order chi connectivity index (χ1) is 10.3. The van der Waals surface area contributed by atoms with Crippen molar-refractivity contribution < 1.29 is 9.47 Å². The zero-order valence-corrected chi connectivity index (χ0v) is 12.3. The van der Waals surface area contributed by atoms with E-state index in [1.54, 1.807) is 6.08 Å². The molecular weight excluding hydrogens is 262 g/mol. The summed E-state index contributed by atoms with van der Waals surface area (Å²) in [5.74, 6) is 1.74. The first-order valence-corrected chi connectivity index (χ1v) is 7.12. The van der Waals surface area contributed by atoms with Gasteiger partial charge in [-0.3, -0.25) is 0 Å². The molecule has 0 aromatic heterocycles. The molecule has 0 unspecified atom stereocenters. The molecule has 0 aliphatic carbocycles. The fraction of sp³-hybridized carbons (Fsp3) is 0.222. The smallest absolute Gasteiger partial charge is 0.142 e. The third-order valence-corrected chi connectivity index (χ3v) is 2.99. The second kappa shape index (κ2) is 8.00. The maximum absolute atomic E-state index is 5.66. The third kappa shape index (κ3) is 4.28. The van der Waals surface area contributed by atoms with E-state index in [-0.39, 0.29) is 0 Å². The summed E-state index contributed by atoms with van der Waals surface area (Å²) in [7, 11) is 0. The predicted octanol–water partition coefficient (Wildman–Crippen LogP) is 4.26. The van der Waals surface area contributed by atoms with Gasteiger partial charge >= 0.3 is 0 Å². The van der Waals surface area contributed by atoms with E-state index in [0.717, 1.165) is 22.7 Å². The van der Waals surface area contributed by atoms with Crippen LogP contribution in [0.2, 0.25) is 0 Å². The van der Waals surface area contributed by atoms with Crippen molar-refractivity contribution in [2.24, 2.45) is 0 Å². The third-order valence-electron chi connectivity index (χ3n) is 2.99. The van der Waals surface area contributed by atoms with Crippen LogP contribution in [0.15, 0.2) is 61.2 Å². The van der Waals surface area contributed by atoms with Gasteiger partial charge < -0.3 is 14.8 Å². The molecule has 0 amide bonds. The van der Waals surface area contributed by atoms with Gasteiger partial charge in [-0.2, -0.15) is 0 Å². The number of hydrogen-bond acceptors (Lipinski definition) is 3. The Hall–Kier alpha value is -2.42. The second-order valence-corrected chi connectivity index (χ2v) is 4.49. The number of para-hydroxylation sites is 3. The molecule has 0 aliphatic heterocycles. The first-order valence-electron chi connectivity index (χ1n) is 7.12. The molecule has 2 aromatic carbocycles. The van der Waals surface area contributed by atoms with Crippen LogP contribution in [-0.4, -0.2) is 13.2 Å². The maximum Gasteiger partial charge on any atom is 0.142 e. The standard InChI is InChI=1S/C18H21NO2/c1-3-13-21-17-11-7-5-9-15(17)14-19-16-10-6-8-12-18(16)20-4-2/h3,5-12,19H,1,4,13-14H2,2H3. The van der Waals surface area contributed by atoms with Gasteiger partial charge in [-0.25, -0.2) is 0 Å². The fourth-order valence-corrected chi connectivity index (χ4v) is 2.02. The number of hydrogen-bond donors (Lipinski definition) is 1. The molecule has 0 saturated heterocycles. The summed E-state index contributed by atoms with van der Waals surface area (Å²) < 4.78 is 11.3. The highest BCUT2D eigenvalue weighted by Crippen LogP contribution is 2.26. The van der Waals surface area contributed by atoms with Crippen molar-refractivity contribution in [2.75, 3.05) is 18.5 Å². The van der Waals surface area contributed by atoms with E-state index in [0.29, 0.717) is 19.8 Å². The zero-order valence-electron chi connectivity index (χ0n) is 12.3. The molecule has 3 heteroatoms. The molecule has 0 saturated carbocycles. The minimum absolute atomic E-state index is 0.506. The summed E-state index contributed by atoms with van der Waals surface area (Å²) in [6.45, 7) is 7.49. The Morgan fingerprint density at radius 3 is 2.48 bits per heavy atom. The number of benzene rings is 2. The van der Waals surface area contributed by atoms with Crippen molar-refractivity contribution >= 4 is 5.69 Å². The highest BCUT2D eigenvalue weighted by Gasteiger charge is 2.05. The van der Waals surface area contributed by atoms with Crippen molar-refractivity contribution in [3.63, 3.8) is 0 Å². The first kappa shape index (κ1) is 15.0. The predicted molar refractivity (Wildman–Crippen MR) is 87.1 cm³/mol. The summed E-state index contributed by atoms with van der Waals surface area (Å²) in [5, 5.41) is 3.40. The molecule has 0 spiro atoms. The Morgan fingerprint density at radius 1 is 1.00 bits per heavy atom. The van der Waals surface area contributed by atoms with Crippen molar-refractivity contribution in [2.45, 2.75) is 13.5 Å². The Bertz CT molecular complexity index is 581. The van der Waals surface area contributed by atoms with Crippen LogP contribution in [0.4, 0.5) is 5.69 Å². The average molecular weight is 283 g/mol.